The smallest absolute Gasteiger partial charge is 0.256 e. The highest BCUT2D eigenvalue weighted by Gasteiger charge is 2.14. The first-order valence-corrected chi connectivity index (χ1v) is 7.70. The first kappa shape index (κ1) is 16.8. The number of benzene rings is 2. The summed E-state index contributed by atoms with van der Waals surface area (Å²) in [6.07, 6.45) is 0. The Bertz CT molecular complexity index is 709. The van der Waals surface area contributed by atoms with Crippen LogP contribution in [0.15, 0.2) is 60.9 Å². The summed E-state index contributed by atoms with van der Waals surface area (Å²) in [6, 6.07) is 15.6. The molecule has 0 atom stereocenters. The zero-order chi connectivity index (χ0) is 17.0. The van der Waals surface area contributed by atoms with Gasteiger partial charge in [-0.05, 0) is 47.7 Å². The lowest BCUT2D eigenvalue weighted by molar-refractivity contribution is 0.0966. The average molecular weight is 308 g/mol. The number of hydrogen-bond acceptors (Lipinski definition) is 2. The number of nitrogens with one attached hydrogen (secondary N) is 2. The van der Waals surface area contributed by atoms with Crippen molar-refractivity contribution in [3.05, 3.63) is 77.6 Å². The van der Waals surface area contributed by atoms with E-state index in [2.05, 4.69) is 38.0 Å². The van der Waals surface area contributed by atoms with Crippen molar-refractivity contribution < 1.29 is 4.79 Å². The van der Waals surface area contributed by atoms with E-state index < -0.39 is 0 Å². The van der Waals surface area contributed by atoms with Crippen LogP contribution in [0.1, 0.15) is 42.3 Å². The molecule has 0 fully saturated rings. The molecule has 3 heteroatoms. The number of aryl methyl sites for hydroxylation is 1. The van der Waals surface area contributed by atoms with Crippen LogP contribution in [0.5, 0.6) is 0 Å². The number of carbonyl (C=O) groups is 1. The fourth-order valence-electron chi connectivity index (χ4n) is 2.26. The molecule has 0 radical (unpaired) electrons. The van der Waals surface area contributed by atoms with Crippen LogP contribution in [0.25, 0.3) is 0 Å². The summed E-state index contributed by atoms with van der Waals surface area (Å²) in [7, 11) is 0. The van der Waals surface area contributed by atoms with Gasteiger partial charge in [-0.2, -0.15) is 0 Å². The molecule has 1 amide bonds. The maximum absolute atomic E-state index is 12.3. The molecule has 0 aliphatic rings. The summed E-state index contributed by atoms with van der Waals surface area (Å²) in [5, 5.41) is 5.87. The van der Waals surface area contributed by atoms with Gasteiger partial charge in [-0.15, -0.1) is 0 Å². The molecule has 120 valence electrons. The quantitative estimate of drug-likeness (QED) is 0.866. The van der Waals surface area contributed by atoms with E-state index in [0.717, 1.165) is 11.3 Å². The van der Waals surface area contributed by atoms with E-state index in [1.807, 2.05) is 55.5 Å². The van der Waals surface area contributed by atoms with Gasteiger partial charge in [0, 0.05) is 11.3 Å². The second kappa shape index (κ2) is 6.69. The molecule has 0 bridgehead atoms. The van der Waals surface area contributed by atoms with Crippen molar-refractivity contribution in [3.8, 4) is 0 Å². The molecular formula is C20H24N2O. The van der Waals surface area contributed by atoms with E-state index in [1.54, 1.807) is 0 Å². The number of rotatable bonds is 4. The second-order valence-corrected chi connectivity index (χ2v) is 6.75. The molecule has 0 unspecified atom stereocenters. The highest BCUT2D eigenvalue weighted by molar-refractivity contribution is 5.95. The predicted octanol–water partition coefficient (Wildman–Crippen LogP) is 4.61. The van der Waals surface area contributed by atoms with Crippen LogP contribution in [0.4, 0.5) is 5.69 Å². The Morgan fingerprint density at radius 3 is 2.26 bits per heavy atom. The molecule has 0 saturated carbocycles. The molecule has 3 nitrogen and oxygen atoms in total. The molecule has 0 aromatic heterocycles. The van der Waals surface area contributed by atoms with Gasteiger partial charge in [0.1, 0.15) is 5.82 Å². The summed E-state index contributed by atoms with van der Waals surface area (Å²) >= 11 is 0. The van der Waals surface area contributed by atoms with E-state index >= 15 is 0 Å². The summed E-state index contributed by atoms with van der Waals surface area (Å²) in [5.74, 6) is 0.288. The van der Waals surface area contributed by atoms with Gasteiger partial charge in [0.2, 0.25) is 0 Å². The van der Waals surface area contributed by atoms with Gasteiger partial charge >= 0.3 is 0 Å². The van der Waals surface area contributed by atoms with Gasteiger partial charge in [-0.3, -0.25) is 4.79 Å². The van der Waals surface area contributed by atoms with E-state index in [-0.39, 0.29) is 11.3 Å². The van der Waals surface area contributed by atoms with Gasteiger partial charge < -0.3 is 10.6 Å². The lowest BCUT2D eigenvalue weighted by Gasteiger charge is -2.19. The minimum absolute atomic E-state index is 0.0747. The standard InChI is InChI=1S/C20H24N2O/c1-14-7-6-8-18(13-14)21-15(2)22-19(23)16-9-11-17(12-10-16)20(3,4)5/h6-13,21H,2H2,1,3-5H3,(H,22,23). The Morgan fingerprint density at radius 2 is 1.70 bits per heavy atom. The number of carbonyl (C=O) groups excluding carboxylic acids is 1. The van der Waals surface area contributed by atoms with Gasteiger partial charge in [-0.25, -0.2) is 0 Å². The number of amides is 1. The van der Waals surface area contributed by atoms with E-state index in [1.165, 1.54) is 5.56 Å². The summed E-state index contributed by atoms with van der Waals surface area (Å²) < 4.78 is 0. The van der Waals surface area contributed by atoms with E-state index in [4.69, 9.17) is 0 Å². The molecule has 2 N–H and O–H groups in total. The second-order valence-electron chi connectivity index (χ2n) is 6.75. The zero-order valence-corrected chi connectivity index (χ0v) is 14.2. The largest absolute Gasteiger partial charge is 0.342 e. The third kappa shape index (κ3) is 4.71. The molecule has 0 aliphatic heterocycles. The van der Waals surface area contributed by atoms with Crippen molar-refractivity contribution in [1.29, 1.82) is 0 Å². The lowest BCUT2D eigenvalue weighted by atomic mass is 9.87. The van der Waals surface area contributed by atoms with Crippen LogP contribution < -0.4 is 10.6 Å². The zero-order valence-electron chi connectivity index (χ0n) is 14.2. The van der Waals surface area contributed by atoms with Gasteiger partial charge in [-0.1, -0.05) is 51.6 Å². The summed E-state index contributed by atoms with van der Waals surface area (Å²) in [4.78, 5) is 12.3. The van der Waals surface area contributed by atoms with Crippen LogP contribution in [0.2, 0.25) is 0 Å². The fraction of sp³-hybridized carbons (Fsp3) is 0.250. The summed E-state index contributed by atoms with van der Waals surface area (Å²) in [6.45, 7) is 12.3. The lowest BCUT2D eigenvalue weighted by Crippen LogP contribution is -2.26. The van der Waals surface area contributed by atoms with Crippen LogP contribution in [-0.2, 0) is 5.41 Å². The first-order chi connectivity index (χ1) is 10.8. The highest BCUT2D eigenvalue weighted by Crippen LogP contribution is 2.22. The third-order valence-corrected chi connectivity index (χ3v) is 3.59. The highest BCUT2D eigenvalue weighted by atomic mass is 16.1. The Balaban J connectivity index is 2.00. The van der Waals surface area contributed by atoms with Crippen molar-refractivity contribution in [2.45, 2.75) is 33.1 Å². The monoisotopic (exact) mass is 308 g/mol. The maximum Gasteiger partial charge on any atom is 0.256 e. The maximum atomic E-state index is 12.3. The molecule has 2 aromatic carbocycles. The Kier molecular flexibility index (Phi) is 4.89. The average Bonchev–Trinajstić information content (AvgIpc) is 2.46. The fourth-order valence-corrected chi connectivity index (χ4v) is 2.26. The molecule has 2 rings (SSSR count). The van der Waals surface area contributed by atoms with Crippen LogP contribution in [-0.4, -0.2) is 5.91 Å². The molecule has 0 saturated heterocycles. The van der Waals surface area contributed by atoms with Gasteiger partial charge in [0.25, 0.3) is 5.91 Å². The van der Waals surface area contributed by atoms with Crippen molar-refractivity contribution in [2.24, 2.45) is 0 Å². The van der Waals surface area contributed by atoms with Crippen LogP contribution in [0.3, 0.4) is 0 Å². The van der Waals surface area contributed by atoms with Crippen molar-refractivity contribution in [3.63, 3.8) is 0 Å². The molecule has 0 spiro atoms. The van der Waals surface area contributed by atoms with Gasteiger partial charge in [0.15, 0.2) is 0 Å². The van der Waals surface area contributed by atoms with Crippen LogP contribution in [0, 0.1) is 6.92 Å². The first-order valence-electron chi connectivity index (χ1n) is 7.70. The van der Waals surface area contributed by atoms with Crippen LogP contribution >= 0.6 is 0 Å². The summed E-state index contributed by atoms with van der Waals surface area (Å²) in [5.41, 5.74) is 3.94. The third-order valence-electron chi connectivity index (χ3n) is 3.59. The molecule has 23 heavy (non-hydrogen) atoms. The normalized spacial score (nSPS) is 11.0. The Labute approximate surface area is 138 Å². The Hall–Kier alpha value is -2.55. The SMILES string of the molecule is C=C(NC(=O)c1ccc(C(C)(C)C)cc1)Nc1cccc(C)c1. The molecule has 0 heterocycles. The van der Waals surface area contributed by atoms with Crippen molar-refractivity contribution >= 4 is 11.6 Å². The predicted molar refractivity (Wildman–Crippen MR) is 96.5 cm³/mol. The topological polar surface area (TPSA) is 41.1 Å². The Morgan fingerprint density at radius 1 is 1.04 bits per heavy atom. The van der Waals surface area contributed by atoms with E-state index in [9.17, 15) is 4.79 Å². The molecule has 2 aromatic rings. The minimum Gasteiger partial charge on any atom is -0.342 e. The van der Waals surface area contributed by atoms with Gasteiger partial charge in [0.05, 0.1) is 0 Å². The molecular weight excluding hydrogens is 284 g/mol. The number of hydrogen-bond donors (Lipinski definition) is 2. The van der Waals surface area contributed by atoms with Crippen molar-refractivity contribution in [2.75, 3.05) is 5.32 Å². The number of anilines is 1. The molecule has 0 aliphatic carbocycles. The minimum atomic E-state index is -0.171. The van der Waals surface area contributed by atoms with Crippen molar-refractivity contribution in [1.82, 2.24) is 5.32 Å². The van der Waals surface area contributed by atoms with E-state index in [0.29, 0.717) is 11.4 Å².